The number of hydrogen-bond donors (Lipinski definition) is 1. The van der Waals surface area contributed by atoms with Crippen LogP contribution in [0.5, 0.6) is 0 Å². The van der Waals surface area contributed by atoms with E-state index in [4.69, 9.17) is 24.7 Å². The minimum Gasteiger partial charge on any atom is -0.449 e. The fourth-order valence-corrected chi connectivity index (χ4v) is 6.21. The summed E-state index contributed by atoms with van der Waals surface area (Å²) in [4.78, 5) is 54.5. The Bertz CT molecular complexity index is 925. The molecule has 0 aromatic heterocycles. The van der Waals surface area contributed by atoms with Gasteiger partial charge in [-0.25, -0.2) is 4.79 Å². The summed E-state index contributed by atoms with van der Waals surface area (Å²) in [5.41, 5.74) is 4.39. The highest BCUT2D eigenvalue weighted by atomic mass is 16.7. The number of primary amides is 1. The molecule has 1 unspecified atom stereocenters. The third-order valence-corrected chi connectivity index (χ3v) is 7.30. The number of ketones is 2. The maximum Gasteiger partial charge on any atom is 0.404 e. The molecule has 168 valence electrons. The summed E-state index contributed by atoms with van der Waals surface area (Å²) in [5, 5.41) is 0. The normalized spacial score (nSPS) is 37.3. The van der Waals surface area contributed by atoms with Crippen LogP contribution in [0.1, 0.15) is 20.3 Å². The van der Waals surface area contributed by atoms with Gasteiger partial charge >= 0.3 is 6.09 Å². The van der Waals surface area contributed by atoms with Crippen molar-refractivity contribution >= 4 is 23.6 Å². The number of carbonyl (C=O) groups excluding carboxylic acids is 4. The summed E-state index contributed by atoms with van der Waals surface area (Å²) in [6.07, 6.45) is -0.658. The Kier molecular flexibility index (Phi) is 4.28. The fraction of sp³-hybridized carbons (Fsp3) is 0.700. The molecule has 1 aliphatic carbocycles. The highest BCUT2D eigenvalue weighted by molar-refractivity contribution is 6.17. The molecule has 2 amide bonds. The van der Waals surface area contributed by atoms with E-state index in [9.17, 15) is 19.2 Å². The largest absolute Gasteiger partial charge is 0.449 e. The van der Waals surface area contributed by atoms with Gasteiger partial charge in [0.05, 0.1) is 36.8 Å². The molecule has 0 bridgehead atoms. The van der Waals surface area contributed by atoms with Crippen LogP contribution in [0.15, 0.2) is 11.3 Å². The first-order valence-electron chi connectivity index (χ1n) is 10.4. The number of rotatable bonds is 4. The molecular weight excluding hydrogens is 410 g/mol. The van der Waals surface area contributed by atoms with Crippen molar-refractivity contribution < 1.29 is 38.1 Å². The number of nitrogens with two attached hydrogens (primary N) is 1. The zero-order chi connectivity index (χ0) is 22.3. The first kappa shape index (κ1) is 20.4. The highest BCUT2D eigenvalue weighted by Gasteiger charge is 2.79. The number of Topliss-reactive ketones (excluding diaryl/α,β-unsaturated/α-hetero) is 2. The second-order valence-corrected chi connectivity index (χ2v) is 8.47. The van der Waals surface area contributed by atoms with Gasteiger partial charge in [0, 0.05) is 26.2 Å². The smallest absolute Gasteiger partial charge is 0.404 e. The van der Waals surface area contributed by atoms with Crippen molar-refractivity contribution in [3.8, 4) is 0 Å². The van der Waals surface area contributed by atoms with Gasteiger partial charge in [0.15, 0.2) is 11.5 Å². The third kappa shape index (κ3) is 2.28. The molecule has 11 heteroatoms. The van der Waals surface area contributed by atoms with Crippen LogP contribution < -0.4 is 5.73 Å². The number of nitrogens with zero attached hydrogens (tertiary/aromatic N) is 2. The van der Waals surface area contributed by atoms with Crippen LogP contribution in [0.2, 0.25) is 0 Å². The SMILES string of the molecule is CCC1C(=O)C2=C(C(=O)C13OCCO3)[C@@H](COC(N)=O)[C@@]1(OC)[C@@H]3[C@H](CN21)N3C(C)=O. The lowest BCUT2D eigenvalue weighted by atomic mass is 9.74. The predicted molar refractivity (Wildman–Crippen MR) is 101 cm³/mol. The molecule has 1 spiro atoms. The van der Waals surface area contributed by atoms with Crippen molar-refractivity contribution in [1.82, 2.24) is 9.80 Å². The summed E-state index contributed by atoms with van der Waals surface area (Å²) in [7, 11) is 1.46. The van der Waals surface area contributed by atoms with Crippen LogP contribution >= 0.6 is 0 Å². The lowest BCUT2D eigenvalue weighted by Gasteiger charge is -2.41. The number of amides is 2. The average Bonchev–Trinajstić information content (AvgIpc) is 3.03. The number of allylic oxidation sites excluding steroid dienone is 1. The lowest BCUT2D eigenvalue weighted by Crippen LogP contribution is -2.56. The summed E-state index contributed by atoms with van der Waals surface area (Å²) >= 11 is 0. The van der Waals surface area contributed by atoms with Gasteiger partial charge in [0.2, 0.25) is 17.5 Å². The van der Waals surface area contributed by atoms with E-state index in [-0.39, 0.29) is 54.9 Å². The summed E-state index contributed by atoms with van der Waals surface area (Å²) < 4.78 is 22.6. The molecule has 0 radical (unpaired) electrons. The van der Waals surface area contributed by atoms with E-state index in [1.54, 1.807) is 16.7 Å². The van der Waals surface area contributed by atoms with Gasteiger partial charge in [-0.15, -0.1) is 0 Å². The minimum absolute atomic E-state index is 0.131. The Morgan fingerprint density at radius 3 is 2.45 bits per heavy atom. The van der Waals surface area contributed by atoms with Gasteiger partial charge in [-0.05, 0) is 6.42 Å². The average molecular weight is 435 g/mol. The van der Waals surface area contributed by atoms with Crippen LogP contribution in [-0.4, -0.2) is 90.4 Å². The van der Waals surface area contributed by atoms with Crippen molar-refractivity contribution in [2.45, 2.75) is 43.9 Å². The Balaban J connectivity index is 1.66. The quantitative estimate of drug-likeness (QED) is 0.559. The molecule has 31 heavy (non-hydrogen) atoms. The van der Waals surface area contributed by atoms with Gasteiger partial charge in [-0.2, -0.15) is 0 Å². The van der Waals surface area contributed by atoms with Crippen LogP contribution in [0, 0.1) is 11.8 Å². The van der Waals surface area contributed by atoms with Gasteiger partial charge in [0.25, 0.3) is 0 Å². The van der Waals surface area contributed by atoms with Crippen molar-refractivity contribution in [1.29, 1.82) is 0 Å². The van der Waals surface area contributed by atoms with E-state index in [0.717, 1.165) is 0 Å². The van der Waals surface area contributed by atoms with Crippen molar-refractivity contribution in [3.05, 3.63) is 11.3 Å². The number of fused-ring (bicyclic) bond motifs is 4. The second kappa shape index (κ2) is 6.50. The maximum atomic E-state index is 13.8. The molecule has 2 N–H and O–H groups in total. The van der Waals surface area contributed by atoms with E-state index >= 15 is 0 Å². The number of carbonyl (C=O) groups is 4. The third-order valence-electron chi connectivity index (χ3n) is 7.30. The van der Waals surface area contributed by atoms with Crippen molar-refractivity contribution in [2.24, 2.45) is 17.6 Å². The van der Waals surface area contributed by atoms with Crippen LogP contribution in [0.25, 0.3) is 0 Å². The molecule has 4 heterocycles. The maximum absolute atomic E-state index is 13.8. The molecular formula is C20H25N3O8. The molecule has 5 rings (SSSR count). The highest BCUT2D eigenvalue weighted by Crippen LogP contribution is 2.61. The molecule has 0 aromatic carbocycles. The zero-order valence-electron chi connectivity index (χ0n) is 17.6. The van der Waals surface area contributed by atoms with Crippen LogP contribution in [0.3, 0.4) is 0 Å². The Morgan fingerprint density at radius 1 is 1.23 bits per heavy atom. The number of ether oxygens (including phenoxy) is 4. The predicted octanol–water partition coefficient (Wildman–Crippen LogP) is -0.856. The van der Waals surface area contributed by atoms with Crippen molar-refractivity contribution in [3.63, 3.8) is 0 Å². The first-order valence-corrected chi connectivity index (χ1v) is 10.4. The van der Waals surface area contributed by atoms with E-state index in [1.807, 2.05) is 0 Å². The lowest BCUT2D eigenvalue weighted by molar-refractivity contribution is -0.200. The number of hydrogen-bond acceptors (Lipinski definition) is 9. The zero-order valence-corrected chi connectivity index (χ0v) is 17.6. The Labute approximate surface area is 178 Å². The number of piperazine rings is 1. The van der Waals surface area contributed by atoms with E-state index in [1.165, 1.54) is 14.0 Å². The van der Waals surface area contributed by atoms with Gasteiger partial charge in [-0.3, -0.25) is 14.4 Å². The molecule has 3 fully saturated rings. The molecule has 0 saturated carbocycles. The van der Waals surface area contributed by atoms with Crippen molar-refractivity contribution in [2.75, 3.05) is 33.5 Å². The van der Waals surface area contributed by atoms with Gasteiger partial charge in [-0.1, -0.05) is 6.92 Å². The molecule has 3 saturated heterocycles. The fourth-order valence-electron chi connectivity index (χ4n) is 6.21. The van der Waals surface area contributed by atoms with E-state index < -0.39 is 35.2 Å². The Hall–Kier alpha value is -2.50. The van der Waals surface area contributed by atoms with E-state index in [0.29, 0.717) is 13.0 Å². The summed E-state index contributed by atoms with van der Waals surface area (Å²) in [6, 6.07) is -0.537. The summed E-state index contributed by atoms with van der Waals surface area (Å²) in [5.74, 6) is -4.17. The monoisotopic (exact) mass is 435 g/mol. The molecule has 5 atom stereocenters. The minimum atomic E-state index is -1.69. The van der Waals surface area contributed by atoms with Gasteiger partial charge < -0.3 is 34.5 Å². The van der Waals surface area contributed by atoms with E-state index in [2.05, 4.69) is 0 Å². The van der Waals surface area contributed by atoms with Crippen LogP contribution in [-0.2, 0) is 33.3 Å². The second-order valence-electron chi connectivity index (χ2n) is 8.47. The number of methoxy groups -OCH3 is 1. The molecule has 4 aliphatic heterocycles. The first-order chi connectivity index (χ1) is 14.8. The molecule has 0 aromatic rings. The summed E-state index contributed by atoms with van der Waals surface area (Å²) in [6.45, 7) is 3.72. The van der Waals surface area contributed by atoms with Gasteiger partial charge in [0.1, 0.15) is 12.6 Å². The van der Waals surface area contributed by atoms with Crippen LogP contribution in [0.4, 0.5) is 4.79 Å². The Morgan fingerprint density at radius 2 is 1.90 bits per heavy atom. The topological polar surface area (TPSA) is 137 Å². The standard InChI is InChI=1S/C20H25N3O8/c1-4-10-15(25)14-13(17(26)20(10)30-5-6-31-20)11(8-29-18(21)27)19(28-3)16-12(7-22(14)19)23(16)9(2)24/h10-12,16H,4-8H2,1-3H3,(H2,21,27)/t10?,11-,12+,16+,19-,23?/m1/s1. The molecule has 11 nitrogen and oxygen atoms in total. The molecule has 5 aliphatic rings.